The summed E-state index contributed by atoms with van der Waals surface area (Å²) in [7, 11) is 1.93. The van der Waals surface area contributed by atoms with Crippen LogP contribution < -0.4 is 20.1 Å². The molecule has 1 aromatic carbocycles. The summed E-state index contributed by atoms with van der Waals surface area (Å²) in [5.41, 5.74) is 4.21. The number of benzene rings is 1. The van der Waals surface area contributed by atoms with E-state index in [-0.39, 0.29) is 18.2 Å². The molecular formula is C20H28N4O3. The summed E-state index contributed by atoms with van der Waals surface area (Å²) in [6.45, 7) is 9.57. The third kappa shape index (κ3) is 4.18. The van der Waals surface area contributed by atoms with E-state index in [9.17, 15) is 4.79 Å². The molecule has 1 aliphatic rings. The Balaban J connectivity index is 1.49. The zero-order valence-electron chi connectivity index (χ0n) is 16.7. The van der Waals surface area contributed by atoms with Crippen LogP contribution >= 0.6 is 0 Å². The molecule has 0 bridgehead atoms. The Bertz CT molecular complexity index is 842. The van der Waals surface area contributed by atoms with E-state index in [1.165, 1.54) is 5.56 Å². The highest BCUT2D eigenvalue weighted by Gasteiger charge is 2.24. The lowest BCUT2D eigenvalue weighted by molar-refractivity contribution is 0.174. The maximum Gasteiger partial charge on any atom is 0.314 e. The van der Waals surface area contributed by atoms with E-state index in [1.807, 2.05) is 43.8 Å². The van der Waals surface area contributed by atoms with Crippen molar-refractivity contribution < 1.29 is 14.3 Å². The van der Waals surface area contributed by atoms with Crippen LogP contribution in [0, 0.1) is 13.8 Å². The predicted octanol–water partition coefficient (Wildman–Crippen LogP) is 2.59. The van der Waals surface area contributed by atoms with Crippen LogP contribution in [-0.2, 0) is 18.9 Å². The molecule has 0 atom stereocenters. The van der Waals surface area contributed by atoms with Crippen LogP contribution in [0.25, 0.3) is 0 Å². The molecule has 0 saturated heterocycles. The molecule has 0 unspecified atom stereocenters. The lowest BCUT2D eigenvalue weighted by Crippen LogP contribution is -2.42. The molecule has 0 spiro atoms. The molecule has 0 saturated carbocycles. The van der Waals surface area contributed by atoms with E-state index in [4.69, 9.17) is 9.47 Å². The molecule has 1 aromatic heterocycles. The Hall–Kier alpha value is -2.70. The number of ether oxygens (including phenoxy) is 2. The van der Waals surface area contributed by atoms with Crippen molar-refractivity contribution in [2.75, 3.05) is 19.9 Å². The number of nitrogens with zero attached hydrogens (tertiary/aromatic N) is 2. The number of nitrogens with one attached hydrogen (secondary N) is 2. The Morgan fingerprint density at radius 2 is 1.96 bits per heavy atom. The monoisotopic (exact) mass is 372 g/mol. The van der Waals surface area contributed by atoms with E-state index in [0.29, 0.717) is 13.1 Å². The Labute approximate surface area is 160 Å². The van der Waals surface area contributed by atoms with Crippen molar-refractivity contribution in [3.8, 4) is 11.5 Å². The molecule has 2 N–H and O–H groups in total. The topological polar surface area (TPSA) is 77.4 Å². The van der Waals surface area contributed by atoms with Gasteiger partial charge >= 0.3 is 6.03 Å². The molecule has 7 nitrogen and oxygen atoms in total. The first-order valence-electron chi connectivity index (χ1n) is 9.19. The average Bonchev–Trinajstić information content (AvgIpc) is 3.19. The van der Waals surface area contributed by atoms with Crippen molar-refractivity contribution in [1.82, 2.24) is 20.4 Å². The van der Waals surface area contributed by atoms with Crippen molar-refractivity contribution in [2.45, 2.75) is 39.5 Å². The number of amides is 2. The van der Waals surface area contributed by atoms with Crippen LogP contribution in [0.2, 0.25) is 0 Å². The summed E-state index contributed by atoms with van der Waals surface area (Å²) in [4.78, 5) is 12.2. The largest absolute Gasteiger partial charge is 0.454 e. The van der Waals surface area contributed by atoms with Gasteiger partial charge in [0, 0.05) is 31.2 Å². The van der Waals surface area contributed by atoms with Crippen LogP contribution in [0.1, 0.15) is 36.4 Å². The standard InChI is InChI=1S/C20H28N4O3/c1-13-16(14(2)24(5)23-13)8-9-21-19(25)22-11-20(3,4)15-6-7-17-18(10-15)27-12-26-17/h6-7,10H,8-9,11-12H2,1-5H3,(H2,21,22,25). The molecule has 0 radical (unpaired) electrons. The number of hydrogen-bond donors (Lipinski definition) is 2. The zero-order chi connectivity index (χ0) is 19.6. The van der Waals surface area contributed by atoms with Gasteiger partial charge in [0.25, 0.3) is 0 Å². The summed E-state index contributed by atoms with van der Waals surface area (Å²) < 4.78 is 12.7. The third-order valence-electron chi connectivity index (χ3n) is 5.16. The fourth-order valence-corrected chi connectivity index (χ4v) is 3.26. The second-order valence-electron chi connectivity index (χ2n) is 7.58. The van der Waals surface area contributed by atoms with Gasteiger partial charge in [-0.3, -0.25) is 4.68 Å². The second-order valence-corrected chi connectivity index (χ2v) is 7.58. The van der Waals surface area contributed by atoms with E-state index in [0.717, 1.165) is 34.9 Å². The fraction of sp³-hybridized carbons (Fsp3) is 0.500. The normalized spacial score (nSPS) is 12.9. The van der Waals surface area contributed by atoms with E-state index in [1.54, 1.807) is 0 Å². The fourth-order valence-electron chi connectivity index (χ4n) is 3.26. The van der Waals surface area contributed by atoms with Gasteiger partial charge in [0.15, 0.2) is 11.5 Å². The Morgan fingerprint density at radius 3 is 2.67 bits per heavy atom. The second kappa shape index (κ2) is 7.50. The van der Waals surface area contributed by atoms with Gasteiger partial charge in [-0.25, -0.2) is 4.79 Å². The molecule has 146 valence electrons. The molecule has 2 amide bonds. The van der Waals surface area contributed by atoms with Gasteiger partial charge in [-0.1, -0.05) is 19.9 Å². The minimum Gasteiger partial charge on any atom is -0.454 e. The molecule has 3 rings (SSSR count). The Morgan fingerprint density at radius 1 is 1.22 bits per heavy atom. The van der Waals surface area contributed by atoms with Crippen molar-refractivity contribution >= 4 is 6.03 Å². The number of hydrogen-bond acceptors (Lipinski definition) is 4. The first kappa shape index (κ1) is 19.1. The predicted molar refractivity (Wildman–Crippen MR) is 103 cm³/mol. The molecule has 0 aliphatic carbocycles. The number of carbonyl (C=O) groups is 1. The number of aromatic nitrogens is 2. The summed E-state index contributed by atoms with van der Waals surface area (Å²) in [5, 5.41) is 10.3. The zero-order valence-corrected chi connectivity index (χ0v) is 16.7. The lowest BCUT2D eigenvalue weighted by Gasteiger charge is -2.26. The number of carbonyl (C=O) groups excluding carboxylic acids is 1. The minimum atomic E-state index is -0.227. The minimum absolute atomic E-state index is 0.164. The van der Waals surface area contributed by atoms with Crippen LogP contribution in [0.4, 0.5) is 4.79 Å². The average molecular weight is 372 g/mol. The van der Waals surface area contributed by atoms with Gasteiger partial charge in [0.1, 0.15) is 0 Å². The molecule has 0 fully saturated rings. The van der Waals surface area contributed by atoms with Crippen molar-refractivity contribution in [3.05, 3.63) is 40.7 Å². The lowest BCUT2D eigenvalue weighted by atomic mass is 9.84. The van der Waals surface area contributed by atoms with E-state index < -0.39 is 0 Å². The van der Waals surface area contributed by atoms with Gasteiger partial charge in [0.05, 0.1) is 5.69 Å². The number of urea groups is 1. The van der Waals surface area contributed by atoms with Crippen LogP contribution in [0.5, 0.6) is 11.5 Å². The first-order valence-corrected chi connectivity index (χ1v) is 9.19. The quantitative estimate of drug-likeness (QED) is 0.817. The number of aryl methyl sites for hydroxylation is 2. The van der Waals surface area contributed by atoms with Gasteiger partial charge in [-0.2, -0.15) is 5.10 Å². The number of rotatable bonds is 6. The van der Waals surface area contributed by atoms with Crippen LogP contribution in [-0.4, -0.2) is 35.7 Å². The Kier molecular flexibility index (Phi) is 5.30. The smallest absolute Gasteiger partial charge is 0.314 e. The first-order chi connectivity index (χ1) is 12.8. The van der Waals surface area contributed by atoms with Gasteiger partial charge in [-0.05, 0) is 43.5 Å². The summed E-state index contributed by atoms with van der Waals surface area (Å²) >= 11 is 0. The molecule has 1 aliphatic heterocycles. The summed E-state index contributed by atoms with van der Waals surface area (Å²) in [6, 6.07) is 5.75. The van der Waals surface area contributed by atoms with Crippen molar-refractivity contribution in [3.63, 3.8) is 0 Å². The van der Waals surface area contributed by atoms with Crippen molar-refractivity contribution in [2.24, 2.45) is 7.05 Å². The highest BCUT2D eigenvalue weighted by molar-refractivity contribution is 5.74. The van der Waals surface area contributed by atoms with E-state index >= 15 is 0 Å². The van der Waals surface area contributed by atoms with Crippen LogP contribution in [0.3, 0.4) is 0 Å². The van der Waals surface area contributed by atoms with Gasteiger partial charge in [-0.15, -0.1) is 0 Å². The van der Waals surface area contributed by atoms with E-state index in [2.05, 4.69) is 29.6 Å². The number of fused-ring (bicyclic) bond motifs is 1. The van der Waals surface area contributed by atoms with Gasteiger partial charge < -0.3 is 20.1 Å². The molecular weight excluding hydrogens is 344 g/mol. The summed E-state index contributed by atoms with van der Waals surface area (Å²) in [6.07, 6.45) is 0.768. The van der Waals surface area contributed by atoms with Gasteiger partial charge in [0.2, 0.25) is 6.79 Å². The molecule has 27 heavy (non-hydrogen) atoms. The van der Waals surface area contributed by atoms with Crippen LogP contribution in [0.15, 0.2) is 18.2 Å². The summed E-state index contributed by atoms with van der Waals surface area (Å²) in [5.74, 6) is 1.52. The molecule has 2 aromatic rings. The maximum absolute atomic E-state index is 12.2. The molecule has 2 heterocycles. The maximum atomic E-state index is 12.2. The van der Waals surface area contributed by atoms with Crippen molar-refractivity contribution in [1.29, 1.82) is 0 Å². The third-order valence-corrected chi connectivity index (χ3v) is 5.16. The highest BCUT2D eigenvalue weighted by atomic mass is 16.7. The highest BCUT2D eigenvalue weighted by Crippen LogP contribution is 2.36. The SMILES string of the molecule is Cc1nn(C)c(C)c1CCNC(=O)NCC(C)(C)c1ccc2c(c1)OCO2. The molecule has 7 heteroatoms.